The van der Waals surface area contributed by atoms with E-state index in [2.05, 4.69) is 0 Å². The van der Waals surface area contributed by atoms with E-state index >= 15 is 0 Å². The zero-order chi connectivity index (χ0) is 26.1. The van der Waals surface area contributed by atoms with Gasteiger partial charge in [0.2, 0.25) is 5.78 Å². The number of fused-ring (bicyclic) bond motifs is 3. The first-order valence-electron chi connectivity index (χ1n) is 11.7. The van der Waals surface area contributed by atoms with Gasteiger partial charge in [0.25, 0.3) is 0 Å². The standard InChI is InChI=1S/C21H18O7.C5H11NO2/c1-28-14-4-2-3-11-15(14)21(27)17-16(19(11)25)20(26)12-7-9(13(23)8-22)5-6-10(12)18(17)24;6-4-1-2-8-5(7)3-4/h2-4,9,22,24,26H,5-8H2,1H3;4-5,7H,1-3,6H2/t9-;/m0./s1. The normalized spacial score (nSPS) is 22.5. The van der Waals surface area contributed by atoms with Crippen molar-refractivity contribution in [3.05, 3.63) is 51.6 Å². The van der Waals surface area contributed by atoms with E-state index in [-0.39, 0.29) is 69.7 Å². The summed E-state index contributed by atoms with van der Waals surface area (Å²) < 4.78 is 10.0. The van der Waals surface area contributed by atoms with Crippen LogP contribution < -0.4 is 10.5 Å². The van der Waals surface area contributed by atoms with Crippen molar-refractivity contribution in [2.45, 2.75) is 44.4 Å². The third-order valence-corrected chi connectivity index (χ3v) is 6.94. The van der Waals surface area contributed by atoms with Crippen LogP contribution in [0.15, 0.2) is 18.2 Å². The molecular weight excluding hydrogens is 470 g/mol. The molecule has 36 heavy (non-hydrogen) atoms. The Morgan fingerprint density at radius 1 is 1.08 bits per heavy atom. The van der Waals surface area contributed by atoms with E-state index < -0.39 is 30.4 Å². The number of hydrogen-bond acceptors (Lipinski definition) is 10. The first-order chi connectivity index (χ1) is 17.2. The Bertz CT molecular complexity index is 1210. The number of phenolic OH excluding ortho intramolecular Hbond substituents is 2. The second-order valence-electron chi connectivity index (χ2n) is 9.12. The van der Waals surface area contributed by atoms with Gasteiger partial charge in [-0.2, -0.15) is 0 Å². The molecule has 2 unspecified atom stereocenters. The van der Waals surface area contributed by atoms with E-state index in [1.807, 2.05) is 0 Å². The van der Waals surface area contributed by atoms with Crippen molar-refractivity contribution in [2.24, 2.45) is 11.7 Å². The lowest BCUT2D eigenvalue weighted by atomic mass is 9.75. The Labute approximate surface area is 207 Å². The van der Waals surface area contributed by atoms with Crippen molar-refractivity contribution in [3.63, 3.8) is 0 Å². The van der Waals surface area contributed by atoms with Crippen molar-refractivity contribution in [1.29, 1.82) is 0 Å². The average Bonchev–Trinajstić information content (AvgIpc) is 2.88. The van der Waals surface area contributed by atoms with Gasteiger partial charge in [-0.3, -0.25) is 14.4 Å². The number of rotatable bonds is 3. The van der Waals surface area contributed by atoms with Gasteiger partial charge in [-0.05, 0) is 31.7 Å². The number of phenols is 2. The van der Waals surface area contributed by atoms with Gasteiger partial charge in [0, 0.05) is 35.1 Å². The van der Waals surface area contributed by atoms with Crippen molar-refractivity contribution >= 4 is 17.3 Å². The second kappa shape index (κ2) is 10.4. The van der Waals surface area contributed by atoms with E-state index in [4.69, 9.17) is 25.4 Å². The fourth-order valence-corrected chi connectivity index (χ4v) is 5.01. The first-order valence-corrected chi connectivity index (χ1v) is 11.7. The number of Topliss-reactive ketones (excluding diaryl/α,β-unsaturated/α-hetero) is 1. The molecule has 5 rings (SSSR count). The Kier molecular flexibility index (Phi) is 7.41. The lowest BCUT2D eigenvalue weighted by Crippen LogP contribution is -2.34. The van der Waals surface area contributed by atoms with Crippen LogP contribution in [0.25, 0.3) is 0 Å². The van der Waals surface area contributed by atoms with Crippen LogP contribution in [0.3, 0.4) is 0 Å². The number of nitrogens with two attached hydrogens (primary N) is 1. The highest BCUT2D eigenvalue weighted by Crippen LogP contribution is 2.47. The molecule has 3 aliphatic rings. The molecule has 0 aromatic heterocycles. The van der Waals surface area contributed by atoms with Gasteiger partial charge in [-0.1, -0.05) is 12.1 Å². The topological polar surface area (TPSA) is 177 Å². The smallest absolute Gasteiger partial charge is 0.202 e. The minimum atomic E-state index is -0.612. The van der Waals surface area contributed by atoms with Gasteiger partial charge in [-0.15, -0.1) is 0 Å². The predicted octanol–water partition coefficient (Wildman–Crippen LogP) is 0.991. The quantitative estimate of drug-likeness (QED) is 0.327. The fourth-order valence-electron chi connectivity index (χ4n) is 5.01. The summed E-state index contributed by atoms with van der Waals surface area (Å²) in [5.74, 6) is -2.56. The molecule has 0 amide bonds. The molecule has 1 heterocycles. The highest BCUT2D eigenvalue weighted by Gasteiger charge is 2.40. The molecular formula is C26H29NO9. The van der Waals surface area contributed by atoms with Crippen LogP contribution in [-0.4, -0.2) is 70.4 Å². The number of ether oxygens (including phenoxy) is 2. The Balaban J connectivity index is 0.000000325. The number of benzene rings is 2. The number of aromatic hydroxyl groups is 2. The molecule has 1 saturated heterocycles. The summed E-state index contributed by atoms with van der Waals surface area (Å²) in [7, 11) is 1.38. The van der Waals surface area contributed by atoms with Crippen LogP contribution >= 0.6 is 0 Å². The van der Waals surface area contributed by atoms with Gasteiger partial charge in [-0.25, -0.2) is 0 Å². The maximum absolute atomic E-state index is 13.1. The van der Waals surface area contributed by atoms with Crippen LogP contribution in [0.4, 0.5) is 0 Å². The van der Waals surface area contributed by atoms with Gasteiger partial charge >= 0.3 is 0 Å². The molecule has 0 radical (unpaired) electrons. The number of carbonyl (C=O) groups is 3. The summed E-state index contributed by atoms with van der Waals surface area (Å²) in [6, 6.07) is 4.72. The SMILES string of the molecule is COc1cccc2c1C(=O)c1c(O)c3c(c(O)c1C2=O)C[C@@H](C(=O)CO)CC3.NC1CCOC(O)C1. The van der Waals surface area contributed by atoms with Gasteiger partial charge in [0.05, 0.1) is 30.4 Å². The van der Waals surface area contributed by atoms with E-state index in [0.29, 0.717) is 25.0 Å². The van der Waals surface area contributed by atoms with Crippen LogP contribution in [0.1, 0.15) is 62.2 Å². The first kappa shape index (κ1) is 25.8. The third-order valence-electron chi connectivity index (χ3n) is 6.94. The monoisotopic (exact) mass is 499 g/mol. The summed E-state index contributed by atoms with van der Waals surface area (Å²) in [6.07, 6.45) is 1.56. The average molecular weight is 500 g/mol. The molecule has 1 fully saturated rings. The summed E-state index contributed by atoms with van der Waals surface area (Å²) in [6.45, 7) is -0.00932. The third kappa shape index (κ3) is 4.48. The van der Waals surface area contributed by atoms with Crippen LogP contribution in [-0.2, 0) is 22.4 Å². The molecule has 10 nitrogen and oxygen atoms in total. The molecule has 0 saturated carbocycles. The molecule has 2 aliphatic carbocycles. The molecule has 1 aliphatic heterocycles. The lowest BCUT2D eigenvalue weighted by Gasteiger charge is -2.29. The predicted molar refractivity (Wildman–Crippen MR) is 126 cm³/mol. The Hall–Kier alpha value is -3.31. The van der Waals surface area contributed by atoms with Crippen LogP contribution in [0.5, 0.6) is 17.2 Å². The zero-order valence-electron chi connectivity index (χ0n) is 19.8. The number of methoxy groups -OCH3 is 1. The summed E-state index contributed by atoms with van der Waals surface area (Å²) in [4.78, 5) is 38.1. The molecule has 2 aromatic carbocycles. The Morgan fingerprint density at radius 2 is 1.78 bits per heavy atom. The zero-order valence-corrected chi connectivity index (χ0v) is 19.8. The van der Waals surface area contributed by atoms with Gasteiger partial charge in [0.1, 0.15) is 23.9 Å². The van der Waals surface area contributed by atoms with Gasteiger partial charge in [0.15, 0.2) is 17.9 Å². The molecule has 0 bridgehead atoms. The van der Waals surface area contributed by atoms with Crippen LogP contribution in [0, 0.1) is 5.92 Å². The van der Waals surface area contributed by atoms with Crippen LogP contribution in [0.2, 0.25) is 0 Å². The molecule has 0 spiro atoms. The molecule has 2 aromatic rings. The lowest BCUT2D eigenvalue weighted by molar-refractivity contribution is -0.128. The second-order valence-corrected chi connectivity index (χ2v) is 9.12. The molecule has 6 N–H and O–H groups in total. The van der Waals surface area contributed by atoms with Crippen molar-refractivity contribution < 1.29 is 44.3 Å². The Morgan fingerprint density at radius 3 is 2.39 bits per heavy atom. The fraction of sp³-hybridized carbons (Fsp3) is 0.423. The van der Waals surface area contributed by atoms with Crippen molar-refractivity contribution in [3.8, 4) is 17.2 Å². The number of aliphatic hydroxyl groups is 2. The van der Waals surface area contributed by atoms with Crippen molar-refractivity contribution in [1.82, 2.24) is 0 Å². The van der Waals surface area contributed by atoms with E-state index in [1.165, 1.54) is 13.2 Å². The van der Waals surface area contributed by atoms with E-state index in [9.17, 15) is 24.6 Å². The summed E-state index contributed by atoms with van der Waals surface area (Å²) in [5, 5.41) is 39.5. The summed E-state index contributed by atoms with van der Waals surface area (Å²) >= 11 is 0. The van der Waals surface area contributed by atoms with E-state index in [0.717, 1.165) is 6.42 Å². The van der Waals surface area contributed by atoms with E-state index in [1.54, 1.807) is 12.1 Å². The van der Waals surface area contributed by atoms with Crippen molar-refractivity contribution in [2.75, 3.05) is 20.3 Å². The van der Waals surface area contributed by atoms with Gasteiger partial charge < -0.3 is 35.6 Å². The largest absolute Gasteiger partial charge is 0.507 e. The molecule has 3 atom stereocenters. The highest BCUT2D eigenvalue weighted by molar-refractivity contribution is 6.31. The number of ketones is 3. The maximum Gasteiger partial charge on any atom is 0.202 e. The minimum absolute atomic E-state index is 0.0568. The number of carbonyl (C=O) groups excluding carboxylic acids is 3. The minimum Gasteiger partial charge on any atom is -0.507 e. The molecule has 192 valence electrons. The highest BCUT2D eigenvalue weighted by atomic mass is 16.6. The number of aliphatic hydroxyl groups excluding tert-OH is 2. The maximum atomic E-state index is 13.1. The summed E-state index contributed by atoms with van der Waals surface area (Å²) in [5.41, 5.74) is 5.79. The number of hydrogen-bond donors (Lipinski definition) is 5. The molecule has 10 heteroatoms.